The third kappa shape index (κ3) is 3.65. The third-order valence-corrected chi connectivity index (χ3v) is 3.06. The summed E-state index contributed by atoms with van der Waals surface area (Å²) in [4.78, 5) is 12.0. The number of carbonyl (C=O) groups excluding carboxylic acids is 1. The van der Waals surface area contributed by atoms with Gasteiger partial charge in [0.25, 0.3) is 5.91 Å². The van der Waals surface area contributed by atoms with Gasteiger partial charge in [0, 0.05) is 12.1 Å². The molecule has 0 aliphatic carbocycles. The first-order valence-corrected chi connectivity index (χ1v) is 6.81. The third-order valence-electron chi connectivity index (χ3n) is 3.06. The van der Waals surface area contributed by atoms with Crippen LogP contribution in [0.2, 0.25) is 0 Å². The van der Waals surface area contributed by atoms with Crippen LogP contribution in [0.5, 0.6) is 0 Å². The van der Waals surface area contributed by atoms with Crippen molar-refractivity contribution in [1.29, 1.82) is 0 Å². The summed E-state index contributed by atoms with van der Waals surface area (Å²) in [6.07, 6.45) is 4.24. The van der Waals surface area contributed by atoms with Crippen molar-refractivity contribution >= 4 is 5.91 Å². The number of benzene rings is 1. The molecular formula is C15H16F2N2O2. The summed E-state index contributed by atoms with van der Waals surface area (Å²) in [5, 5.41) is 6.31. The molecule has 1 heterocycles. The molecule has 1 amide bonds. The van der Waals surface area contributed by atoms with E-state index in [2.05, 4.69) is 17.4 Å². The minimum Gasteiger partial charge on any atom is -0.355 e. The molecule has 2 aromatic rings. The van der Waals surface area contributed by atoms with Crippen molar-refractivity contribution in [3.63, 3.8) is 0 Å². The number of nitrogens with zero attached hydrogens (tertiary/aromatic N) is 1. The summed E-state index contributed by atoms with van der Waals surface area (Å²) in [7, 11) is 0. The maximum atomic E-state index is 13.3. The molecule has 6 heteroatoms. The molecule has 1 aromatic carbocycles. The van der Waals surface area contributed by atoms with Crippen LogP contribution in [0.25, 0.3) is 11.3 Å². The van der Waals surface area contributed by atoms with E-state index in [1.165, 1.54) is 12.3 Å². The number of aromatic nitrogens is 1. The molecule has 0 saturated carbocycles. The fourth-order valence-corrected chi connectivity index (χ4v) is 1.92. The highest BCUT2D eigenvalue weighted by Crippen LogP contribution is 2.25. The lowest BCUT2D eigenvalue weighted by Crippen LogP contribution is -2.24. The number of rotatable bonds is 6. The van der Waals surface area contributed by atoms with Crippen LogP contribution in [0.15, 0.2) is 28.9 Å². The van der Waals surface area contributed by atoms with Gasteiger partial charge in [0.05, 0.1) is 6.20 Å². The van der Waals surface area contributed by atoms with E-state index in [4.69, 9.17) is 4.52 Å². The van der Waals surface area contributed by atoms with Crippen LogP contribution >= 0.6 is 0 Å². The molecule has 21 heavy (non-hydrogen) atoms. The largest absolute Gasteiger partial charge is 0.355 e. The van der Waals surface area contributed by atoms with Gasteiger partial charge in [-0.05, 0) is 24.6 Å². The van der Waals surface area contributed by atoms with Gasteiger partial charge in [-0.2, -0.15) is 0 Å². The van der Waals surface area contributed by atoms with Crippen molar-refractivity contribution in [2.45, 2.75) is 26.2 Å². The van der Waals surface area contributed by atoms with Crippen molar-refractivity contribution in [1.82, 2.24) is 10.5 Å². The van der Waals surface area contributed by atoms with E-state index in [0.717, 1.165) is 31.4 Å². The zero-order valence-corrected chi connectivity index (χ0v) is 11.7. The predicted molar refractivity (Wildman–Crippen MR) is 73.7 cm³/mol. The molecule has 1 aromatic heterocycles. The first-order chi connectivity index (χ1) is 10.1. The van der Waals surface area contributed by atoms with Crippen molar-refractivity contribution < 1.29 is 18.1 Å². The van der Waals surface area contributed by atoms with Crippen LogP contribution in [0.1, 0.15) is 36.5 Å². The number of hydrogen-bond acceptors (Lipinski definition) is 3. The molecule has 2 rings (SSSR count). The lowest BCUT2D eigenvalue weighted by molar-refractivity contribution is 0.0953. The van der Waals surface area contributed by atoms with Gasteiger partial charge in [-0.1, -0.05) is 24.9 Å². The van der Waals surface area contributed by atoms with Gasteiger partial charge in [0.2, 0.25) is 0 Å². The van der Waals surface area contributed by atoms with Crippen LogP contribution in [-0.2, 0) is 0 Å². The minimum atomic E-state index is -1.00. The average Bonchev–Trinajstić information content (AvgIpc) is 2.96. The molecular weight excluding hydrogens is 278 g/mol. The Balaban J connectivity index is 2.14. The van der Waals surface area contributed by atoms with Gasteiger partial charge >= 0.3 is 0 Å². The molecule has 112 valence electrons. The summed E-state index contributed by atoms with van der Waals surface area (Å²) in [5.74, 6) is -2.17. The van der Waals surface area contributed by atoms with Crippen molar-refractivity contribution in [3.8, 4) is 11.3 Å². The number of nitrogens with one attached hydrogen (secondary N) is 1. The summed E-state index contributed by atoms with van der Waals surface area (Å²) < 4.78 is 31.2. The molecule has 0 fully saturated rings. The highest BCUT2D eigenvalue weighted by molar-refractivity contribution is 5.99. The molecule has 0 unspecified atom stereocenters. The maximum absolute atomic E-state index is 13.3. The summed E-state index contributed by atoms with van der Waals surface area (Å²) in [6, 6.07) is 3.30. The second-order valence-corrected chi connectivity index (χ2v) is 4.66. The fourth-order valence-electron chi connectivity index (χ4n) is 1.92. The standard InChI is InChI=1S/C15H16F2N2O2/c1-2-3-4-7-18-15(20)11-9-19-21-14(11)10-5-6-12(16)13(17)8-10/h5-6,8-9H,2-4,7H2,1H3,(H,18,20). The van der Waals surface area contributed by atoms with Crippen LogP contribution in [0.4, 0.5) is 8.78 Å². The monoisotopic (exact) mass is 294 g/mol. The Bertz CT molecular complexity index is 626. The quantitative estimate of drug-likeness (QED) is 0.829. The van der Waals surface area contributed by atoms with Gasteiger partial charge in [-0.25, -0.2) is 8.78 Å². The number of unbranched alkanes of at least 4 members (excludes halogenated alkanes) is 2. The minimum absolute atomic E-state index is 0.127. The van der Waals surface area contributed by atoms with Gasteiger partial charge < -0.3 is 9.84 Å². The average molecular weight is 294 g/mol. The second-order valence-electron chi connectivity index (χ2n) is 4.66. The Kier molecular flexibility index (Phi) is 5.03. The van der Waals surface area contributed by atoms with E-state index in [-0.39, 0.29) is 22.8 Å². The number of halogens is 2. The summed E-state index contributed by atoms with van der Waals surface area (Å²) in [5.41, 5.74) is 0.475. The molecule has 0 aliphatic rings. The van der Waals surface area contributed by atoms with Crippen molar-refractivity contribution in [3.05, 3.63) is 41.6 Å². The Morgan fingerprint density at radius 3 is 2.81 bits per heavy atom. The maximum Gasteiger partial charge on any atom is 0.256 e. The fraction of sp³-hybridized carbons (Fsp3) is 0.333. The van der Waals surface area contributed by atoms with Crippen LogP contribution in [0.3, 0.4) is 0 Å². The Morgan fingerprint density at radius 2 is 2.10 bits per heavy atom. The van der Waals surface area contributed by atoms with Crippen LogP contribution in [0, 0.1) is 11.6 Å². The van der Waals surface area contributed by atoms with E-state index >= 15 is 0 Å². The molecule has 0 bridgehead atoms. The molecule has 1 N–H and O–H groups in total. The Labute approximate surface area is 121 Å². The highest BCUT2D eigenvalue weighted by Gasteiger charge is 2.18. The molecule has 0 aliphatic heterocycles. The normalized spacial score (nSPS) is 10.6. The first kappa shape index (κ1) is 15.2. The molecule has 4 nitrogen and oxygen atoms in total. The molecule has 0 saturated heterocycles. The predicted octanol–water partition coefficient (Wildman–Crippen LogP) is 3.54. The number of hydrogen-bond donors (Lipinski definition) is 1. The Morgan fingerprint density at radius 1 is 1.29 bits per heavy atom. The van der Waals surface area contributed by atoms with Crippen LogP contribution in [-0.4, -0.2) is 17.6 Å². The van der Waals surface area contributed by atoms with E-state index in [0.29, 0.717) is 6.54 Å². The van der Waals surface area contributed by atoms with Gasteiger partial charge in [0.1, 0.15) is 5.56 Å². The zero-order chi connectivity index (χ0) is 15.2. The zero-order valence-electron chi connectivity index (χ0n) is 11.7. The Hall–Kier alpha value is -2.24. The molecule has 0 atom stereocenters. The smallest absolute Gasteiger partial charge is 0.256 e. The van der Waals surface area contributed by atoms with E-state index in [9.17, 15) is 13.6 Å². The van der Waals surface area contributed by atoms with Gasteiger partial charge in [-0.3, -0.25) is 4.79 Å². The topological polar surface area (TPSA) is 55.1 Å². The van der Waals surface area contributed by atoms with Crippen molar-refractivity contribution in [2.75, 3.05) is 6.54 Å². The van der Waals surface area contributed by atoms with E-state index in [1.54, 1.807) is 0 Å². The lowest BCUT2D eigenvalue weighted by atomic mass is 10.1. The lowest BCUT2D eigenvalue weighted by Gasteiger charge is -2.04. The van der Waals surface area contributed by atoms with Gasteiger partial charge in [-0.15, -0.1) is 0 Å². The molecule has 0 radical (unpaired) electrons. The summed E-state index contributed by atoms with van der Waals surface area (Å²) in [6.45, 7) is 2.62. The first-order valence-electron chi connectivity index (χ1n) is 6.81. The van der Waals surface area contributed by atoms with E-state index in [1.807, 2.05) is 0 Å². The molecule has 0 spiro atoms. The second kappa shape index (κ2) is 6.97. The highest BCUT2D eigenvalue weighted by atomic mass is 19.2. The van der Waals surface area contributed by atoms with Crippen LogP contribution < -0.4 is 5.32 Å². The van der Waals surface area contributed by atoms with E-state index < -0.39 is 11.6 Å². The van der Waals surface area contributed by atoms with Crippen molar-refractivity contribution in [2.24, 2.45) is 0 Å². The number of amides is 1. The SMILES string of the molecule is CCCCCNC(=O)c1cnoc1-c1ccc(F)c(F)c1. The number of carbonyl (C=O) groups is 1. The summed E-state index contributed by atoms with van der Waals surface area (Å²) >= 11 is 0. The van der Waals surface area contributed by atoms with Gasteiger partial charge in [0.15, 0.2) is 17.4 Å².